The maximum absolute atomic E-state index is 11.6. The van der Waals surface area contributed by atoms with Crippen LogP contribution in [0.2, 0.25) is 0 Å². The molecule has 1 heterocycles. The molecule has 0 atom stereocenters. The molecule has 2 rings (SSSR count). The van der Waals surface area contributed by atoms with Crippen LogP contribution >= 0.6 is 0 Å². The van der Waals surface area contributed by atoms with Gasteiger partial charge in [-0.25, -0.2) is 14.2 Å². The summed E-state index contributed by atoms with van der Waals surface area (Å²) in [7, 11) is -3.76. The second-order valence-corrected chi connectivity index (χ2v) is 7.08. The van der Waals surface area contributed by atoms with E-state index in [1.165, 1.54) is 12.4 Å². The van der Waals surface area contributed by atoms with E-state index in [1.54, 1.807) is 36.8 Å². The Morgan fingerprint density at radius 1 is 1.10 bits per heavy atom. The van der Waals surface area contributed by atoms with E-state index >= 15 is 0 Å². The number of hydrogen-bond acceptors (Lipinski definition) is 6. The van der Waals surface area contributed by atoms with Crippen LogP contribution < -0.4 is 5.46 Å². The molecule has 0 radical (unpaired) electrons. The summed E-state index contributed by atoms with van der Waals surface area (Å²) < 4.78 is 15.7. The third-order valence-electron chi connectivity index (χ3n) is 2.42. The normalized spacial score (nSPS) is 11.2. The first kappa shape index (κ1) is 14.6. The van der Waals surface area contributed by atoms with Crippen LogP contribution in [0.4, 0.5) is 5.69 Å². The highest BCUT2D eigenvalue weighted by molar-refractivity contribution is 7.92. The van der Waals surface area contributed by atoms with Gasteiger partial charge in [-0.15, -0.1) is 0 Å². The maximum atomic E-state index is 11.6. The Bertz CT molecular complexity index is 700. The zero-order valence-electron chi connectivity index (χ0n) is 11.1. The Hall–Kier alpha value is -1.77. The third kappa shape index (κ3) is 3.86. The highest BCUT2D eigenvalue weighted by Gasteiger charge is 2.12. The number of aromatic nitrogens is 2. The summed E-state index contributed by atoms with van der Waals surface area (Å²) in [5, 5.41) is 17.9. The van der Waals surface area contributed by atoms with Gasteiger partial charge in [0.05, 0.1) is 5.69 Å². The fraction of sp³-hybridized carbons (Fsp3) is 0.167. The Balaban J connectivity index is 2.28. The number of nitrogens with zero attached hydrogens (tertiary/aromatic N) is 3. The molecular weight excluding hydrogens is 277 g/mol. The summed E-state index contributed by atoms with van der Waals surface area (Å²) >= 11 is 0. The molecule has 0 fully saturated rings. The molecule has 0 aliphatic rings. The molecule has 0 bridgehead atoms. The lowest BCUT2D eigenvalue weighted by molar-refractivity contribution is 0.425. The summed E-state index contributed by atoms with van der Waals surface area (Å²) in [6, 6.07) is 7.02. The van der Waals surface area contributed by atoms with Crippen molar-refractivity contribution in [2.24, 2.45) is 4.36 Å². The topological polar surface area (TPSA) is 95.7 Å². The van der Waals surface area contributed by atoms with E-state index in [9.17, 15) is 4.21 Å². The second kappa shape index (κ2) is 5.70. The van der Waals surface area contributed by atoms with E-state index in [0.29, 0.717) is 11.5 Å². The third-order valence-corrected chi connectivity index (χ3v) is 3.07. The van der Waals surface area contributed by atoms with Crippen LogP contribution in [-0.4, -0.2) is 43.9 Å². The molecule has 1 aromatic heterocycles. The summed E-state index contributed by atoms with van der Waals surface area (Å²) in [4.78, 5) is 8.11. The van der Waals surface area contributed by atoms with Gasteiger partial charge in [0.15, 0.2) is 5.82 Å². The molecule has 6 nitrogen and oxygen atoms in total. The smallest absolute Gasteiger partial charge is 0.423 e. The molecule has 0 aliphatic heterocycles. The summed E-state index contributed by atoms with van der Waals surface area (Å²) in [5.74, 6) is 0.467. The zero-order valence-corrected chi connectivity index (χ0v) is 11.9. The van der Waals surface area contributed by atoms with Crippen LogP contribution in [0.15, 0.2) is 41.0 Å². The molecule has 1 aromatic carbocycles. The van der Waals surface area contributed by atoms with Crippen molar-refractivity contribution < 1.29 is 14.3 Å². The van der Waals surface area contributed by atoms with Gasteiger partial charge in [0.1, 0.15) is 0 Å². The molecule has 0 saturated carbocycles. The van der Waals surface area contributed by atoms with Crippen molar-refractivity contribution in [2.75, 3.05) is 12.5 Å². The van der Waals surface area contributed by atoms with Crippen molar-refractivity contribution in [2.45, 2.75) is 0 Å². The lowest BCUT2D eigenvalue weighted by Crippen LogP contribution is -2.30. The van der Waals surface area contributed by atoms with Gasteiger partial charge in [-0.1, -0.05) is 0 Å². The highest BCUT2D eigenvalue weighted by atomic mass is 32.2. The van der Waals surface area contributed by atoms with Gasteiger partial charge in [0, 0.05) is 45.7 Å². The van der Waals surface area contributed by atoms with Crippen LogP contribution in [-0.2, 0) is 9.73 Å². The lowest BCUT2D eigenvalue weighted by Gasteiger charge is -2.03. The van der Waals surface area contributed by atoms with E-state index in [-0.39, 0.29) is 5.46 Å². The largest absolute Gasteiger partial charge is 0.491 e. The maximum Gasteiger partial charge on any atom is 0.491 e. The van der Waals surface area contributed by atoms with Gasteiger partial charge >= 0.3 is 7.12 Å². The van der Waals surface area contributed by atoms with E-state index in [2.05, 4.69) is 14.3 Å². The molecule has 2 aromatic rings. The fourth-order valence-electron chi connectivity index (χ4n) is 1.55. The van der Waals surface area contributed by atoms with Crippen molar-refractivity contribution in [1.82, 2.24) is 9.97 Å². The van der Waals surface area contributed by atoms with Gasteiger partial charge in [-0.3, -0.25) is 0 Å². The molecule has 20 heavy (non-hydrogen) atoms. The first-order chi connectivity index (χ1) is 9.35. The van der Waals surface area contributed by atoms with Crippen LogP contribution in [0, 0.1) is 0 Å². The standard InChI is InChI=1S/C12H14BN3O3S/c1-20(2,19)16-11-5-3-9(4-6-11)12-14-7-10(8-15-12)13(17)18/h3-8,17-18H,1-2H3. The molecule has 2 N–H and O–H groups in total. The second-order valence-electron chi connectivity index (χ2n) is 4.53. The van der Waals surface area contributed by atoms with E-state index in [4.69, 9.17) is 10.0 Å². The van der Waals surface area contributed by atoms with Crippen molar-refractivity contribution in [3.63, 3.8) is 0 Å². The quantitative estimate of drug-likeness (QED) is 0.787. The highest BCUT2D eigenvalue weighted by Crippen LogP contribution is 2.19. The minimum Gasteiger partial charge on any atom is -0.423 e. The van der Waals surface area contributed by atoms with Crippen LogP contribution in [0.5, 0.6) is 0 Å². The summed E-state index contributed by atoms with van der Waals surface area (Å²) in [5.41, 5.74) is 1.63. The molecule has 0 spiro atoms. The SMILES string of the molecule is CS(C)(=O)=Nc1ccc(-c2ncc(B(O)O)cn2)cc1. The minimum atomic E-state index is -2.18. The molecule has 0 unspecified atom stereocenters. The van der Waals surface area contributed by atoms with Crippen molar-refractivity contribution in [3.05, 3.63) is 36.7 Å². The molecule has 0 saturated heterocycles. The minimum absolute atomic E-state index is 0.233. The average Bonchev–Trinajstić information content (AvgIpc) is 2.38. The average molecular weight is 291 g/mol. The Morgan fingerprint density at radius 3 is 2.10 bits per heavy atom. The van der Waals surface area contributed by atoms with Gasteiger partial charge in [0.2, 0.25) is 0 Å². The van der Waals surface area contributed by atoms with Gasteiger partial charge in [-0.05, 0) is 24.3 Å². The van der Waals surface area contributed by atoms with Crippen molar-refractivity contribution >= 4 is 28.0 Å². The summed E-state index contributed by atoms with van der Waals surface area (Å²) in [6.07, 6.45) is 5.86. The fourth-order valence-corrected chi connectivity index (χ4v) is 2.18. The molecule has 104 valence electrons. The Labute approximate surface area is 117 Å². The number of hydrogen-bond donors (Lipinski definition) is 2. The number of rotatable bonds is 3. The first-order valence-electron chi connectivity index (χ1n) is 5.81. The first-order valence-corrected chi connectivity index (χ1v) is 8.14. The summed E-state index contributed by atoms with van der Waals surface area (Å²) in [6.45, 7) is 0. The predicted octanol–water partition coefficient (Wildman–Crippen LogP) is 0.182. The molecule has 0 amide bonds. The lowest BCUT2D eigenvalue weighted by atomic mass is 9.83. The predicted molar refractivity (Wildman–Crippen MR) is 79.4 cm³/mol. The van der Waals surface area contributed by atoms with Gasteiger partial charge in [0.25, 0.3) is 0 Å². The van der Waals surface area contributed by atoms with Crippen LogP contribution in [0.25, 0.3) is 11.4 Å². The monoisotopic (exact) mass is 291 g/mol. The van der Waals surface area contributed by atoms with E-state index < -0.39 is 16.8 Å². The Kier molecular flexibility index (Phi) is 4.17. The van der Waals surface area contributed by atoms with Crippen molar-refractivity contribution in [1.29, 1.82) is 0 Å². The van der Waals surface area contributed by atoms with Crippen LogP contribution in [0.3, 0.4) is 0 Å². The zero-order chi connectivity index (χ0) is 14.8. The van der Waals surface area contributed by atoms with Crippen LogP contribution in [0.1, 0.15) is 0 Å². The van der Waals surface area contributed by atoms with Gasteiger partial charge < -0.3 is 10.0 Å². The van der Waals surface area contributed by atoms with E-state index in [1.807, 2.05) is 0 Å². The molecule has 0 aliphatic carbocycles. The number of benzene rings is 1. The van der Waals surface area contributed by atoms with Crippen molar-refractivity contribution in [3.8, 4) is 11.4 Å². The molecular formula is C12H14BN3O3S. The molecule has 8 heteroatoms. The van der Waals surface area contributed by atoms with Gasteiger partial charge in [-0.2, -0.15) is 4.36 Å². The van der Waals surface area contributed by atoms with E-state index in [0.717, 1.165) is 5.56 Å². The Morgan fingerprint density at radius 2 is 1.65 bits per heavy atom.